The topological polar surface area (TPSA) is 69.7 Å². The number of carbonyl (C=O) groups is 1. The average Bonchev–Trinajstić information content (AvgIpc) is 2.99. The van der Waals surface area contributed by atoms with Crippen LogP contribution in [-0.2, 0) is 14.8 Å². The molecular formula is C22H34ClN3O3S. The summed E-state index contributed by atoms with van der Waals surface area (Å²) in [5.41, 5.74) is -0.463. The van der Waals surface area contributed by atoms with E-state index in [1.807, 2.05) is 4.90 Å². The largest absolute Gasteiger partial charge is 0.323 e. The number of halogens is 1. The highest BCUT2D eigenvalue weighted by Gasteiger charge is 2.53. The molecule has 30 heavy (non-hydrogen) atoms. The Morgan fingerprint density at radius 3 is 2.43 bits per heavy atom. The van der Waals surface area contributed by atoms with Gasteiger partial charge in [0.05, 0.1) is 16.6 Å². The van der Waals surface area contributed by atoms with E-state index in [1.165, 1.54) is 10.4 Å². The van der Waals surface area contributed by atoms with E-state index in [0.29, 0.717) is 43.4 Å². The SMILES string of the molecule is CC[C@H](C)CN1C(=O)[C@@H]([C@@H](C)CC)NC12CCN(S(=O)(=O)c1cccc(Cl)c1)CC2. The average molecular weight is 456 g/mol. The molecule has 2 saturated heterocycles. The highest BCUT2D eigenvalue weighted by molar-refractivity contribution is 7.89. The van der Waals surface area contributed by atoms with Gasteiger partial charge >= 0.3 is 0 Å². The molecule has 2 aliphatic heterocycles. The molecule has 3 rings (SSSR count). The van der Waals surface area contributed by atoms with Gasteiger partial charge in [-0.2, -0.15) is 4.31 Å². The van der Waals surface area contributed by atoms with Crippen molar-refractivity contribution in [3.63, 3.8) is 0 Å². The first-order valence-electron chi connectivity index (χ1n) is 11.0. The Morgan fingerprint density at radius 1 is 1.20 bits per heavy atom. The van der Waals surface area contributed by atoms with E-state index in [9.17, 15) is 13.2 Å². The fourth-order valence-electron chi connectivity index (χ4n) is 4.42. The van der Waals surface area contributed by atoms with E-state index in [-0.39, 0.29) is 22.8 Å². The lowest BCUT2D eigenvalue weighted by atomic mass is 9.95. The molecule has 168 valence electrons. The minimum Gasteiger partial charge on any atom is -0.323 e. The predicted octanol–water partition coefficient (Wildman–Crippen LogP) is 3.71. The second-order valence-electron chi connectivity index (χ2n) is 8.86. The van der Waals surface area contributed by atoms with Gasteiger partial charge < -0.3 is 4.90 Å². The van der Waals surface area contributed by atoms with Crippen LogP contribution in [0.15, 0.2) is 29.2 Å². The molecule has 1 aromatic rings. The van der Waals surface area contributed by atoms with Crippen LogP contribution in [0.3, 0.4) is 0 Å². The quantitative estimate of drug-likeness (QED) is 0.680. The lowest BCUT2D eigenvalue weighted by molar-refractivity contribution is -0.134. The first kappa shape index (κ1) is 23.5. The van der Waals surface area contributed by atoms with Crippen LogP contribution in [0.25, 0.3) is 0 Å². The van der Waals surface area contributed by atoms with E-state index in [1.54, 1.807) is 18.2 Å². The van der Waals surface area contributed by atoms with Crippen molar-refractivity contribution in [3.8, 4) is 0 Å². The molecule has 0 saturated carbocycles. The maximum Gasteiger partial charge on any atom is 0.243 e. The smallest absolute Gasteiger partial charge is 0.243 e. The number of piperidine rings is 1. The van der Waals surface area contributed by atoms with E-state index >= 15 is 0 Å². The summed E-state index contributed by atoms with van der Waals surface area (Å²) < 4.78 is 27.7. The third kappa shape index (κ3) is 4.40. The summed E-state index contributed by atoms with van der Waals surface area (Å²) in [5.74, 6) is 0.803. The summed E-state index contributed by atoms with van der Waals surface area (Å²) in [4.78, 5) is 15.5. The molecule has 1 amide bonds. The van der Waals surface area contributed by atoms with Gasteiger partial charge in [0.25, 0.3) is 0 Å². The van der Waals surface area contributed by atoms with Gasteiger partial charge in [-0.05, 0) is 42.9 Å². The van der Waals surface area contributed by atoms with E-state index in [0.717, 1.165) is 12.8 Å². The normalized spacial score (nSPS) is 24.4. The number of carbonyl (C=O) groups excluding carboxylic acids is 1. The summed E-state index contributed by atoms with van der Waals surface area (Å²) in [7, 11) is -3.61. The zero-order chi connectivity index (χ0) is 22.1. The van der Waals surface area contributed by atoms with Crippen LogP contribution in [0.5, 0.6) is 0 Å². The van der Waals surface area contributed by atoms with Gasteiger partial charge in [-0.15, -0.1) is 0 Å². The molecule has 8 heteroatoms. The number of hydrogen-bond donors (Lipinski definition) is 1. The Hall–Kier alpha value is -1.15. The van der Waals surface area contributed by atoms with Gasteiger partial charge in [0.2, 0.25) is 15.9 Å². The second kappa shape index (κ2) is 9.15. The minimum atomic E-state index is -3.61. The molecule has 0 radical (unpaired) electrons. The molecule has 1 N–H and O–H groups in total. The number of nitrogens with zero attached hydrogens (tertiary/aromatic N) is 2. The summed E-state index contributed by atoms with van der Waals surface area (Å²) >= 11 is 6.01. The molecule has 2 fully saturated rings. The maximum atomic E-state index is 13.3. The van der Waals surface area contributed by atoms with Crippen molar-refractivity contribution >= 4 is 27.5 Å². The Balaban J connectivity index is 1.82. The van der Waals surface area contributed by atoms with Crippen LogP contribution in [0.1, 0.15) is 53.4 Å². The van der Waals surface area contributed by atoms with Crippen LogP contribution < -0.4 is 5.32 Å². The lowest BCUT2D eigenvalue weighted by Crippen LogP contribution is -2.60. The third-order valence-corrected chi connectivity index (χ3v) is 8.99. The van der Waals surface area contributed by atoms with Gasteiger partial charge in [0, 0.05) is 24.7 Å². The molecular weight excluding hydrogens is 422 g/mol. The second-order valence-corrected chi connectivity index (χ2v) is 11.2. The van der Waals surface area contributed by atoms with Crippen LogP contribution in [0.2, 0.25) is 5.02 Å². The number of amides is 1. The Morgan fingerprint density at radius 2 is 1.87 bits per heavy atom. The van der Waals surface area contributed by atoms with Crippen LogP contribution in [0, 0.1) is 11.8 Å². The van der Waals surface area contributed by atoms with Crippen molar-refractivity contribution < 1.29 is 13.2 Å². The van der Waals surface area contributed by atoms with Crippen molar-refractivity contribution in [3.05, 3.63) is 29.3 Å². The molecule has 3 atom stereocenters. The first-order valence-corrected chi connectivity index (χ1v) is 12.8. The molecule has 0 bridgehead atoms. The maximum absolute atomic E-state index is 13.3. The van der Waals surface area contributed by atoms with Crippen molar-refractivity contribution in [1.29, 1.82) is 0 Å². The molecule has 1 spiro atoms. The van der Waals surface area contributed by atoms with Gasteiger partial charge in [-0.3, -0.25) is 10.1 Å². The standard InChI is InChI=1S/C22H34ClN3O3S/c1-5-16(3)15-26-21(27)20(17(4)6-2)24-22(26)10-12-25(13-11-22)30(28,29)19-9-7-8-18(23)14-19/h7-9,14,16-17,20,24H,5-6,10-13,15H2,1-4H3/t16-,17-,20+/m0/s1. The zero-order valence-electron chi connectivity index (χ0n) is 18.4. The summed E-state index contributed by atoms with van der Waals surface area (Å²) in [5, 5.41) is 4.05. The lowest BCUT2D eigenvalue weighted by Gasteiger charge is -2.45. The van der Waals surface area contributed by atoms with Crippen LogP contribution in [0.4, 0.5) is 0 Å². The molecule has 6 nitrogen and oxygen atoms in total. The number of benzene rings is 1. The van der Waals surface area contributed by atoms with E-state index in [4.69, 9.17) is 11.6 Å². The predicted molar refractivity (Wildman–Crippen MR) is 120 cm³/mol. The van der Waals surface area contributed by atoms with E-state index in [2.05, 4.69) is 33.0 Å². The number of sulfonamides is 1. The fourth-order valence-corrected chi connectivity index (χ4v) is 6.16. The van der Waals surface area contributed by atoms with Crippen LogP contribution >= 0.6 is 11.6 Å². The van der Waals surface area contributed by atoms with Crippen molar-refractivity contribution in [2.45, 2.75) is 70.0 Å². The first-order chi connectivity index (χ1) is 14.1. The number of rotatable bonds is 7. The molecule has 0 unspecified atom stereocenters. The number of hydrogen-bond acceptors (Lipinski definition) is 4. The summed E-state index contributed by atoms with van der Waals surface area (Å²) in [6, 6.07) is 6.20. The highest BCUT2D eigenvalue weighted by Crippen LogP contribution is 2.37. The zero-order valence-corrected chi connectivity index (χ0v) is 20.0. The van der Waals surface area contributed by atoms with Crippen molar-refractivity contribution in [2.75, 3.05) is 19.6 Å². The van der Waals surface area contributed by atoms with Gasteiger partial charge in [-0.1, -0.05) is 58.2 Å². The Labute approximate surface area is 186 Å². The molecule has 2 aliphatic rings. The Kier molecular flexibility index (Phi) is 7.17. The van der Waals surface area contributed by atoms with Crippen LogP contribution in [-0.4, -0.2) is 54.9 Å². The van der Waals surface area contributed by atoms with E-state index < -0.39 is 15.7 Å². The molecule has 0 aromatic heterocycles. The van der Waals surface area contributed by atoms with Gasteiger partial charge in [0.15, 0.2) is 0 Å². The Bertz CT molecular complexity index is 868. The minimum absolute atomic E-state index is 0.163. The third-order valence-electron chi connectivity index (χ3n) is 6.86. The van der Waals surface area contributed by atoms with Gasteiger partial charge in [0.1, 0.15) is 0 Å². The fraction of sp³-hybridized carbons (Fsp3) is 0.682. The monoisotopic (exact) mass is 455 g/mol. The van der Waals surface area contributed by atoms with Crippen molar-refractivity contribution in [2.24, 2.45) is 11.8 Å². The molecule has 0 aliphatic carbocycles. The highest BCUT2D eigenvalue weighted by atomic mass is 35.5. The summed E-state index contributed by atoms with van der Waals surface area (Å²) in [6.45, 7) is 9.96. The van der Waals surface area contributed by atoms with Crippen molar-refractivity contribution in [1.82, 2.24) is 14.5 Å². The van der Waals surface area contributed by atoms with Gasteiger partial charge in [-0.25, -0.2) is 8.42 Å². The molecule has 1 aromatic carbocycles. The number of nitrogens with one attached hydrogen (secondary N) is 1. The summed E-state index contributed by atoms with van der Waals surface area (Å²) in [6.07, 6.45) is 3.10. The molecule has 2 heterocycles.